The van der Waals surface area contributed by atoms with Crippen LogP contribution in [0, 0.1) is 11.2 Å². The molecule has 3 N–H and O–H groups in total. The Bertz CT molecular complexity index is 1230. The summed E-state index contributed by atoms with van der Waals surface area (Å²) >= 11 is 0. The number of carbonyl (C=O) groups is 3. The zero-order valence-electron chi connectivity index (χ0n) is 19.4. The molecule has 3 aromatic carbocycles. The summed E-state index contributed by atoms with van der Waals surface area (Å²) in [6.45, 7) is 5.40. The number of anilines is 3. The van der Waals surface area contributed by atoms with Crippen molar-refractivity contribution in [3.63, 3.8) is 0 Å². The van der Waals surface area contributed by atoms with Crippen LogP contribution in [0.15, 0.2) is 66.7 Å². The minimum absolute atomic E-state index is 0.144. The van der Waals surface area contributed by atoms with Crippen LogP contribution in [0.25, 0.3) is 0 Å². The van der Waals surface area contributed by atoms with E-state index in [1.165, 1.54) is 25.3 Å². The van der Waals surface area contributed by atoms with Crippen LogP contribution in [-0.4, -0.2) is 24.8 Å². The quantitative estimate of drug-likeness (QED) is 0.461. The van der Waals surface area contributed by atoms with Crippen molar-refractivity contribution in [2.45, 2.75) is 20.8 Å². The first-order valence-electron chi connectivity index (χ1n) is 10.5. The normalized spacial score (nSPS) is 10.9. The topological polar surface area (TPSA) is 96.5 Å². The van der Waals surface area contributed by atoms with Gasteiger partial charge >= 0.3 is 0 Å². The number of ether oxygens (including phenoxy) is 1. The second kappa shape index (κ2) is 10.2. The van der Waals surface area contributed by atoms with Gasteiger partial charge in [0.1, 0.15) is 11.6 Å². The van der Waals surface area contributed by atoms with Crippen LogP contribution < -0.4 is 20.7 Å². The highest BCUT2D eigenvalue weighted by atomic mass is 19.1. The second-order valence-corrected chi connectivity index (χ2v) is 8.62. The first-order valence-corrected chi connectivity index (χ1v) is 10.5. The van der Waals surface area contributed by atoms with Gasteiger partial charge in [0.25, 0.3) is 11.8 Å². The molecule has 0 fully saturated rings. The third-order valence-electron chi connectivity index (χ3n) is 4.86. The molecule has 176 valence electrons. The molecule has 0 radical (unpaired) electrons. The lowest BCUT2D eigenvalue weighted by molar-refractivity contribution is -0.123. The number of methoxy groups -OCH3 is 1. The summed E-state index contributed by atoms with van der Waals surface area (Å²) in [6, 6.07) is 16.6. The maximum Gasteiger partial charge on any atom is 0.255 e. The van der Waals surface area contributed by atoms with Crippen molar-refractivity contribution in [2.24, 2.45) is 5.41 Å². The van der Waals surface area contributed by atoms with Crippen LogP contribution in [0.5, 0.6) is 5.75 Å². The number of carbonyl (C=O) groups excluding carboxylic acids is 3. The Labute approximate surface area is 197 Å². The Hall–Kier alpha value is -4.20. The number of hydrogen-bond acceptors (Lipinski definition) is 4. The van der Waals surface area contributed by atoms with Gasteiger partial charge in [0.15, 0.2) is 0 Å². The molecule has 0 heterocycles. The van der Waals surface area contributed by atoms with Gasteiger partial charge in [-0.1, -0.05) is 32.9 Å². The van der Waals surface area contributed by atoms with Crippen molar-refractivity contribution in [3.8, 4) is 5.75 Å². The molecule has 0 saturated carbocycles. The van der Waals surface area contributed by atoms with Crippen LogP contribution in [-0.2, 0) is 4.79 Å². The summed E-state index contributed by atoms with van der Waals surface area (Å²) in [6.07, 6.45) is 0. The molecule has 3 aromatic rings. The number of halogens is 1. The van der Waals surface area contributed by atoms with E-state index in [2.05, 4.69) is 16.0 Å². The van der Waals surface area contributed by atoms with Gasteiger partial charge in [-0.2, -0.15) is 0 Å². The summed E-state index contributed by atoms with van der Waals surface area (Å²) < 4.78 is 18.8. The molecule has 3 rings (SSSR count). The molecule has 0 unspecified atom stereocenters. The van der Waals surface area contributed by atoms with Gasteiger partial charge in [-0.3, -0.25) is 14.4 Å². The summed E-state index contributed by atoms with van der Waals surface area (Å²) in [7, 11) is 1.45. The highest BCUT2D eigenvalue weighted by Gasteiger charge is 2.21. The summed E-state index contributed by atoms with van der Waals surface area (Å²) in [4.78, 5) is 37.6. The SMILES string of the molecule is COc1ccc(NC(=O)c2cccc(NC(=O)C(C)(C)C)c2)cc1NC(=O)c1cccc(F)c1. The summed E-state index contributed by atoms with van der Waals surface area (Å²) in [5, 5.41) is 8.23. The van der Waals surface area contributed by atoms with E-state index in [1.54, 1.807) is 63.2 Å². The third kappa shape index (κ3) is 6.19. The Morgan fingerprint density at radius 1 is 0.765 bits per heavy atom. The van der Waals surface area contributed by atoms with E-state index in [1.807, 2.05) is 0 Å². The van der Waals surface area contributed by atoms with Crippen molar-refractivity contribution in [3.05, 3.63) is 83.7 Å². The largest absolute Gasteiger partial charge is 0.495 e. The lowest BCUT2D eigenvalue weighted by Gasteiger charge is -2.18. The van der Waals surface area contributed by atoms with Crippen LogP contribution >= 0.6 is 0 Å². The average molecular weight is 464 g/mol. The number of benzene rings is 3. The predicted molar refractivity (Wildman–Crippen MR) is 130 cm³/mol. The van der Waals surface area contributed by atoms with Gasteiger partial charge in [0, 0.05) is 27.9 Å². The van der Waals surface area contributed by atoms with Crippen LogP contribution in [0.2, 0.25) is 0 Å². The molecule has 0 aromatic heterocycles. The minimum atomic E-state index is -0.576. The van der Waals surface area contributed by atoms with Crippen molar-refractivity contribution < 1.29 is 23.5 Å². The summed E-state index contributed by atoms with van der Waals surface area (Å²) in [5.74, 6) is -1.25. The fourth-order valence-electron chi connectivity index (χ4n) is 2.97. The minimum Gasteiger partial charge on any atom is -0.495 e. The van der Waals surface area contributed by atoms with Crippen LogP contribution in [0.4, 0.5) is 21.5 Å². The smallest absolute Gasteiger partial charge is 0.255 e. The molecule has 8 heteroatoms. The Kier molecular flexibility index (Phi) is 7.31. The lowest BCUT2D eigenvalue weighted by atomic mass is 9.95. The van der Waals surface area contributed by atoms with Gasteiger partial charge in [-0.15, -0.1) is 0 Å². The third-order valence-corrected chi connectivity index (χ3v) is 4.86. The molecule has 0 saturated heterocycles. The molecule has 0 aliphatic heterocycles. The lowest BCUT2D eigenvalue weighted by Crippen LogP contribution is -2.27. The predicted octanol–water partition coefficient (Wildman–Crippen LogP) is 5.32. The van der Waals surface area contributed by atoms with Gasteiger partial charge < -0.3 is 20.7 Å². The van der Waals surface area contributed by atoms with E-state index in [-0.39, 0.29) is 11.5 Å². The zero-order chi connectivity index (χ0) is 24.9. The first kappa shape index (κ1) is 24.4. The zero-order valence-corrected chi connectivity index (χ0v) is 19.4. The van der Waals surface area contributed by atoms with E-state index in [0.717, 1.165) is 6.07 Å². The van der Waals surface area contributed by atoms with Gasteiger partial charge in [0.2, 0.25) is 5.91 Å². The maximum atomic E-state index is 13.5. The van der Waals surface area contributed by atoms with E-state index >= 15 is 0 Å². The van der Waals surface area contributed by atoms with Crippen molar-refractivity contribution in [1.29, 1.82) is 0 Å². The number of rotatable bonds is 6. The molecule has 0 bridgehead atoms. The highest BCUT2D eigenvalue weighted by Crippen LogP contribution is 2.29. The number of hydrogen-bond donors (Lipinski definition) is 3. The van der Waals surface area contributed by atoms with E-state index in [0.29, 0.717) is 28.4 Å². The van der Waals surface area contributed by atoms with Crippen molar-refractivity contribution in [2.75, 3.05) is 23.1 Å². The highest BCUT2D eigenvalue weighted by molar-refractivity contribution is 6.07. The molecule has 34 heavy (non-hydrogen) atoms. The van der Waals surface area contributed by atoms with Crippen LogP contribution in [0.1, 0.15) is 41.5 Å². The molecular weight excluding hydrogens is 437 g/mol. The number of nitrogens with one attached hydrogen (secondary N) is 3. The molecule has 0 spiro atoms. The first-order chi connectivity index (χ1) is 16.1. The maximum absolute atomic E-state index is 13.5. The molecule has 7 nitrogen and oxygen atoms in total. The van der Waals surface area contributed by atoms with Gasteiger partial charge in [-0.25, -0.2) is 4.39 Å². The Morgan fingerprint density at radius 2 is 1.38 bits per heavy atom. The van der Waals surface area contributed by atoms with Gasteiger partial charge in [0.05, 0.1) is 12.8 Å². The van der Waals surface area contributed by atoms with E-state index in [9.17, 15) is 18.8 Å². The Balaban J connectivity index is 1.77. The standard InChI is InChI=1S/C26H26FN3O4/c1-26(2,3)25(33)29-19-10-6-8-17(14-19)23(31)28-20-11-12-22(34-4)21(15-20)30-24(32)16-7-5-9-18(27)13-16/h5-15H,1-4H3,(H,28,31)(H,29,33)(H,30,32). The van der Waals surface area contributed by atoms with Crippen molar-refractivity contribution >= 4 is 34.8 Å². The average Bonchev–Trinajstić information content (AvgIpc) is 2.79. The van der Waals surface area contributed by atoms with Crippen LogP contribution in [0.3, 0.4) is 0 Å². The monoisotopic (exact) mass is 463 g/mol. The van der Waals surface area contributed by atoms with Gasteiger partial charge in [-0.05, 0) is 54.6 Å². The number of amides is 3. The second-order valence-electron chi connectivity index (χ2n) is 8.62. The molecule has 0 aliphatic rings. The molecular formula is C26H26FN3O4. The summed E-state index contributed by atoms with van der Waals surface area (Å²) in [5.41, 5.74) is 1.13. The van der Waals surface area contributed by atoms with E-state index in [4.69, 9.17) is 4.74 Å². The molecule has 3 amide bonds. The molecule has 0 aliphatic carbocycles. The van der Waals surface area contributed by atoms with Crippen molar-refractivity contribution in [1.82, 2.24) is 0 Å². The van der Waals surface area contributed by atoms with E-state index < -0.39 is 23.0 Å². The fraction of sp³-hybridized carbons (Fsp3) is 0.192. The Morgan fingerprint density at radius 3 is 2.03 bits per heavy atom. The fourth-order valence-corrected chi connectivity index (χ4v) is 2.97. The molecule has 0 atom stereocenters.